The molecule has 0 amide bonds. The predicted octanol–water partition coefficient (Wildman–Crippen LogP) is 1.85. The number of halogens is 2. The van der Waals surface area contributed by atoms with Crippen molar-refractivity contribution in [2.45, 2.75) is 4.81 Å². The van der Waals surface area contributed by atoms with E-state index < -0.39 is 15.2 Å². The summed E-state index contributed by atoms with van der Waals surface area (Å²) in [6.45, 7) is 0. The Morgan fingerprint density at radius 3 is 2.17 bits per heavy atom. The summed E-state index contributed by atoms with van der Waals surface area (Å²) in [6, 6.07) is 1.87. The summed E-state index contributed by atoms with van der Waals surface area (Å²) in [4.78, 5) is 0.369. The molecule has 0 saturated carbocycles. The van der Waals surface area contributed by atoms with E-state index in [2.05, 4.69) is 0 Å². The quantitative estimate of drug-likeness (QED) is 0.725. The van der Waals surface area contributed by atoms with Crippen LogP contribution in [-0.4, -0.2) is 0 Å². The Morgan fingerprint density at radius 2 is 2.17 bits per heavy atom. The van der Waals surface area contributed by atoms with Gasteiger partial charge in [-0.05, 0) is 0 Å². The van der Waals surface area contributed by atoms with Crippen molar-refractivity contribution < 1.29 is 15.2 Å². The third kappa shape index (κ3) is 4.76. The Labute approximate surface area is 50.3 Å². The van der Waals surface area contributed by atoms with Crippen LogP contribution in [0, 0.1) is 11.3 Å². The van der Waals surface area contributed by atoms with E-state index in [9.17, 15) is 0 Å². The molecule has 6 heavy (non-hydrogen) atoms. The van der Waals surface area contributed by atoms with Crippen LogP contribution >= 0.6 is 18.8 Å². The first-order chi connectivity index (χ1) is 2.77. The van der Waals surface area contributed by atoms with Crippen LogP contribution in [0.1, 0.15) is 0 Å². The molecule has 0 atom stereocenters. The van der Waals surface area contributed by atoms with Crippen molar-refractivity contribution in [2.75, 3.05) is 0 Å². The van der Waals surface area contributed by atoms with Crippen LogP contribution < -0.4 is 0 Å². The van der Waals surface area contributed by atoms with E-state index in [1.807, 2.05) is 6.07 Å². The van der Waals surface area contributed by atoms with Crippen molar-refractivity contribution in [2.24, 2.45) is 0 Å². The molecule has 4 heteroatoms. The molecular weight excluding hydrogens is 304 g/mol. The molecule has 0 spiro atoms. The Balaban J connectivity index is 2.88. The molecule has 0 unspecified atom stereocenters. The fraction of sp³-hybridized carbons (Fsp3) is 0.500. The van der Waals surface area contributed by atoms with Gasteiger partial charge in [-0.15, -0.1) is 0 Å². The second-order valence-corrected chi connectivity index (χ2v) is 8.55. The van der Waals surface area contributed by atoms with E-state index in [0.717, 1.165) is 0 Å². The Bertz CT molecular complexity index is 66.4. The number of rotatable bonds is 1. The van der Waals surface area contributed by atoms with Gasteiger partial charge in [-0.25, -0.2) is 0 Å². The molecule has 0 saturated heterocycles. The first kappa shape index (κ1) is 6.76. The van der Waals surface area contributed by atoms with Crippen LogP contribution in [0.4, 0.5) is 0 Å². The Kier molecular flexibility index (Phi) is 4.43. The molecule has 1 nitrogen and oxygen atoms in total. The zero-order valence-electron chi connectivity index (χ0n) is 2.73. The maximum atomic E-state index is 7.86. The normalized spacial score (nSPS) is 9.83. The Morgan fingerprint density at radius 1 is 1.67 bits per heavy atom. The minimum atomic E-state index is -1.73. The first-order valence-electron chi connectivity index (χ1n) is 1.04. The third-order valence-electron chi connectivity index (χ3n) is 0.135. The summed E-state index contributed by atoms with van der Waals surface area (Å²) in [5.74, 6) is 0. The SMILES string of the molecule is N#C[CH2][Pt]([Cl])[Cl]. The molecule has 0 rings (SSSR count). The van der Waals surface area contributed by atoms with E-state index in [0.29, 0.717) is 4.81 Å². The molecule has 39 valence electrons. The molecule has 0 bridgehead atoms. The number of hydrogen-bond donors (Lipinski definition) is 0. The van der Waals surface area contributed by atoms with Gasteiger partial charge in [0, 0.05) is 0 Å². The van der Waals surface area contributed by atoms with Crippen molar-refractivity contribution in [1.82, 2.24) is 0 Å². The van der Waals surface area contributed by atoms with Crippen molar-refractivity contribution in [3.05, 3.63) is 0 Å². The summed E-state index contributed by atoms with van der Waals surface area (Å²) in [7, 11) is 10.6. The second-order valence-electron chi connectivity index (χ2n) is 0.484. The number of nitriles is 1. The monoisotopic (exact) mass is 305 g/mol. The number of hydrogen-bond acceptors (Lipinski definition) is 1. The van der Waals surface area contributed by atoms with Crippen LogP contribution in [0.5, 0.6) is 0 Å². The summed E-state index contributed by atoms with van der Waals surface area (Å²) in [5.41, 5.74) is 0. The van der Waals surface area contributed by atoms with Crippen LogP contribution in [0.15, 0.2) is 0 Å². The molecule has 0 radical (unpaired) electrons. The van der Waals surface area contributed by atoms with Crippen molar-refractivity contribution >= 4 is 18.8 Å². The topological polar surface area (TPSA) is 23.8 Å². The minimum absolute atomic E-state index is 0.369. The standard InChI is InChI=1S/C2H2N.2ClH.Pt/c1-2-3;;;/h1H2;2*1H;/q;;;+2/p-2. The average molecular weight is 306 g/mol. The third-order valence-corrected chi connectivity index (χ3v) is 2.48. The van der Waals surface area contributed by atoms with E-state index >= 15 is 0 Å². The van der Waals surface area contributed by atoms with E-state index in [4.69, 9.17) is 24.1 Å². The Hall–Kier alpha value is 0.758. The van der Waals surface area contributed by atoms with Gasteiger partial charge in [0.1, 0.15) is 0 Å². The van der Waals surface area contributed by atoms with Gasteiger partial charge in [-0.2, -0.15) is 0 Å². The van der Waals surface area contributed by atoms with Crippen molar-refractivity contribution in [3.63, 3.8) is 0 Å². The fourth-order valence-corrected chi connectivity index (χ4v) is 0.928. The van der Waals surface area contributed by atoms with Crippen LogP contribution in [0.25, 0.3) is 0 Å². The number of nitrogens with zero attached hydrogens (tertiary/aromatic N) is 1. The van der Waals surface area contributed by atoms with Crippen molar-refractivity contribution in [3.8, 4) is 6.07 Å². The maximum absolute atomic E-state index is 7.86. The zero-order valence-corrected chi connectivity index (χ0v) is 6.51. The molecule has 0 aliphatic rings. The molecule has 0 aromatic rings. The first-order valence-corrected chi connectivity index (χ1v) is 8.28. The van der Waals surface area contributed by atoms with Gasteiger partial charge in [-0.3, -0.25) is 0 Å². The van der Waals surface area contributed by atoms with Gasteiger partial charge in [-0.1, -0.05) is 0 Å². The van der Waals surface area contributed by atoms with Crippen LogP contribution in [-0.2, 0) is 15.2 Å². The molecule has 0 aliphatic carbocycles. The molecule has 0 N–H and O–H groups in total. The molecule has 0 aliphatic heterocycles. The van der Waals surface area contributed by atoms with Gasteiger partial charge in [0.15, 0.2) is 0 Å². The molecule has 0 fully saturated rings. The van der Waals surface area contributed by atoms with Gasteiger partial charge < -0.3 is 0 Å². The van der Waals surface area contributed by atoms with E-state index in [1.165, 1.54) is 0 Å². The van der Waals surface area contributed by atoms with Gasteiger partial charge in [0.05, 0.1) is 0 Å². The van der Waals surface area contributed by atoms with E-state index in [-0.39, 0.29) is 0 Å². The second kappa shape index (κ2) is 3.93. The fourth-order valence-electron chi connectivity index (χ4n) is 0.0378. The van der Waals surface area contributed by atoms with E-state index in [1.54, 1.807) is 0 Å². The van der Waals surface area contributed by atoms with Gasteiger partial charge in [0.2, 0.25) is 0 Å². The van der Waals surface area contributed by atoms with Gasteiger partial charge >= 0.3 is 50.2 Å². The summed E-state index contributed by atoms with van der Waals surface area (Å²) in [6.07, 6.45) is 0. The zero-order chi connectivity index (χ0) is 4.99. The van der Waals surface area contributed by atoms with Crippen LogP contribution in [0.3, 0.4) is 0 Å². The summed E-state index contributed by atoms with van der Waals surface area (Å²) >= 11 is -1.73. The molecular formula is C2H2Cl2NPt. The average Bonchev–Trinajstić information content (AvgIpc) is 1.35. The predicted molar refractivity (Wildman–Crippen MR) is 22.1 cm³/mol. The van der Waals surface area contributed by atoms with Crippen LogP contribution in [0.2, 0.25) is 4.81 Å². The molecule has 0 aromatic carbocycles. The van der Waals surface area contributed by atoms with Gasteiger partial charge in [0.25, 0.3) is 0 Å². The molecule has 0 aromatic heterocycles. The summed E-state index contributed by atoms with van der Waals surface area (Å²) in [5, 5.41) is 7.86. The molecule has 0 heterocycles. The summed E-state index contributed by atoms with van der Waals surface area (Å²) < 4.78 is 0. The van der Waals surface area contributed by atoms with Crippen molar-refractivity contribution in [1.29, 1.82) is 5.26 Å².